The van der Waals surface area contributed by atoms with Crippen molar-refractivity contribution in [1.29, 1.82) is 0 Å². The Labute approximate surface area is 168 Å². The molecule has 0 aromatic carbocycles. The zero-order valence-corrected chi connectivity index (χ0v) is 17.6. The van der Waals surface area contributed by atoms with E-state index >= 15 is 0 Å². The van der Waals surface area contributed by atoms with Crippen molar-refractivity contribution in [2.75, 3.05) is 0 Å². The highest BCUT2D eigenvalue weighted by Gasteiger charge is 2.68. The fraction of sp³-hybridized carbons (Fsp3) is 0.750. The van der Waals surface area contributed by atoms with Gasteiger partial charge in [-0.1, -0.05) is 26.5 Å². The van der Waals surface area contributed by atoms with Crippen molar-refractivity contribution < 1.29 is 19.4 Å². The first-order valence-corrected chi connectivity index (χ1v) is 10.8. The minimum Gasteiger partial charge on any atom is -0.481 e. The van der Waals surface area contributed by atoms with Crippen molar-refractivity contribution in [1.82, 2.24) is 0 Å². The molecule has 0 radical (unpaired) electrons. The molecule has 4 aliphatic carbocycles. The molecule has 28 heavy (non-hydrogen) atoms. The SMILES string of the molecule is C=C(C)C(=O)O[C@H]1C(=C)[C@@H]2CC[C@@H]3[C@]4(C)CCC[C@@](C)(C(=O)O)[C@H]4CC[C@@]31C2. The molecule has 4 aliphatic rings. The lowest BCUT2D eigenvalue weighted by Crippen LogP contribution is -2.60. The number of ether oxygens (including phenoxy) is 1. The fourth-order valence-electron chi connectivity index (χ4n) is 7.99. The van der Waals surface area contributed by atoms with Crippen LogP contribution < -0.4 is 0 Å². The van der Waals surface area contributed by atoms with Gasteiger partial charge in [-0.2, -0.15) is 0 Å². The summed E-state index contributed by atoms with van der Waals surface area (Å²) in [7, 11) is 0. The molecular formula is C24H34O4. The highest BCUT2D eigenvalue weighted by Crippen LogP contribution is 2.72. The number of aliphatic carboxylic acids is 1. The first kappa shape index (κ1) is 19.7. The Bertz CT molecular complexity index is 754. The van der Waals surface area contributed by atoms with Crippen LogP contribution in [0, 0.1) is 34.0 Å². The number of esters is 1. The van der Waals surface area contributed by atoms with E-state index in [9.17, 15) is 14.7 Å². The Balaban J connectivity index is 1.74. The number of carboxylic acids is 1. The zero-order chi connectivity index (χ0) is 20.5. The normalized spacial score (nSPS) is 47.0. The van der Waals surface area contributed by atoms with Gasteiger partial charge in [0.25, 0.3) is 0 Å². The minimum absolute atomic E-state index is 0.0207. The molecule has 0 aromatic heterocycles. The third kappa shape index (κ3) is 2.42. The van der Waals surface area contributed by atoms with Crippen LogP contribution >= 0.6 is 0 Å². The second-order valence-corrected chi connectivity index (χ2v) is 10.6. The Morgan fingerprint density at radius 1 is 1.11 bits per heavy atom. The van der Waals surface area contributed by atoms with E-state index < -0.39 is 11.4 Å². The second kappa shape index (κ2) is 6.21. The summed E-state index contributed by atoms with van der Waals surface area (Å²) in [6, 6.07) is 0. The highest BCUT2D eigenvalue weighted by atomic mass is 16.5. The van der Waals surface area contributed by atoms with E-state index in [1.807, 2.05) is 6.92 Å². The first-order valence-electron chi connectivity index (χ1n) is 10.8. The molecule has 0 aliphatic heterocycles. The lowest BCUT2D eigenvalue weighted by atomic mass is 9.40. The summed E-state index contributed by atoms with van der Waals surface area (Å²) in [6.07, 6.45) is 7.61. The average molecular weight is 387 g/mol. The summed E-state index contributed by atoms with van der Waals surface area (Å²) in [5, 5.41) is 10.1. The van der Waals surface area contributed by atoms with Crippen LogP contribution in [-0.4, -0.2) is 23.1 Å². The van der Waals surface area contributed by atoms with Crippen LogP contribution in [-0.2, 0) is 14.3 Å². The molecule has 4 fully saturated rings. The molecule has 4 saturated carbocycles. The van der Waals surface area contributed by atoms with Crippen LogP contribution in [0.5, 0.6) is 0 Å². The molecule has 0 aromatic rings. The number of hydrogen-bond acceptors (Lipinski definition) is 3. The largest absolute Gasteiger partial charge is 0.481 e. The molecule has 0 saturated heterocycles. The Morgan fingerprint density at radius 3 is 2.46 bits per heavy atom. The zero-order valence-electron chi connectivity index (χ0n) is 17.6. The maximum absolute atomic E-state index is 12.4. The second-order valence-electron chi connectivity index (χ2n) is 10.6. The lowest BCUT2D eigenvalue weighted by Gasteiger charge is -2.63. The number of carboxylic acid groups (broad SMARTS) is 1. The number of carbonyl (C=O) groups is 2. The first-order chi connectivity index (χ1) is 13.1. The van der Waals surface area contributed by atoms with E-state index in [-0.39, 0.29) is 28.8 Å². The molecule has 0 heterocycles. The number of hydrogen-bond donors (Lipinski definition) is 1. The number of carbonyl (C=O) groups excluding carboxylic acids is 1. The summed E-state index contributed by atoms with van der Waals surface area (Å²) in [6.45, 7) is 14.1. The van der Waals surface area contributed by atoms with Crippen LogP contribution in [0.1, 0.15) is 72.1 Å². The fourth-order valence-corrected chi connectivity index (χ4v) is 7.99. The average Bonchev–Trinajstić information content (AvgIpc) is 2.81. The van der Waals surface area contributed by atoms with Crippen LogP contribution in [0.15, 0.2) is 24.3 Å². The topological polar surface area (TPSA) is 63.6 Å². The molecule has 7 atom stereocenters. The van der Waals surface area contributed by atoms with Crippen LogP contribution in [0.3, 0.4) is 0 Å². The number of rotatable bonds is 3. The summed E-state index contributed by atoms with van der Waals surface area (Å²) < 4.78 is 6.03. The summed E-state index contributed by atoms with van der Waals surface area (Å²) in [5.41, 5.74) is 0.764. The van der Waals surface area contributed by atoms with Crippen molar-refractivity contribution in [3.05, 3.63) is 24.3 Å². The molecule has 4 heteroatoms. The van der Waals surface area contributed by atoms with Gasteiger partial charge in [-0.05, 0) is 87.5 Å². The van der Waals surface area contributed by atoms with E-state index in [1.165, 1.54) is 0 Å². The molecule has 4 rings (SSSR count). The van der Waals surface area contributed by atoms with E-state index in [0.717, 1.165) is 56.9 Å². The number of fused-ring (bicyclic) bond motifs is 3. The lowest BCUT2D eigenvalue weighted by molar-refractivity contribution is -0.195. The molecule has 4 nitrogen and oxygen atoms in total. The van der Waals surface area contributed by atoms with Gasteiger partial charge in [0, 0.05) is 11.0 Å². The predicted molar refractivity (Wildman–Crippen MR) is 108 cm³/mol. The third-order valence-electron chi connectivity index (χ3n) is 9.24. The van der Waals surface area contributed by atoms with E-state index in [0.29, 0.717) is 17.4 Å². The summed E-state index contributed by atoms with van der Waals surface area (Å²) in [4.78, 5) is 24.7. The van der Waals surface area contributed by atoms with Gasteiger partial charge in [0.05, 0.1) is 5.41 Å². The van der Waals surface area contributed by atoms with Crippen LogP contribution in [0.25, 0.3) is 0 Å². The maximum atomic E-state index is 12.4. The van der Waals surface area contributed by atoms with Crippen molar-refractivity contribution >= 4 is 11.9 Å². The van der Waals surface area contributed by atoms with E-state index in [2.05, 4.69) is 20.1 Å². The molecule has 1 spiro atoms. The third-order valence-corrected chi connectivity index (χ3v) is 9.24. The molecule has 1 N–H and O–H groups in total. The molecular weight excluding hydrogens is 352 g/mol. The molecule has 2 bridgehead atoms. The van der Waals surface area contributed by atoms with Crippen molar-refractivity contribution in [2.24, 2.45) is 34.0 Å². The van der Waals surface area contributed by atoms with Gasteiger partial charge in [-0.3, -0.25) is 4.79 Å². The molecule has 154 valence electrons. The monoisotopic (exact) mass is 386 g/mol. The molecule has 0 amide bonds. The van der Waals surface area contributed by atoms with Gasteiger partial charge < -0.3 is 9.84 Å². The van der Waals surface area contributed by atoms with E-state index in [4.69, 9.17) is 4.74 Å². The standard InChI is InChI=1S/C24H34O4/c1-14(2)20(25)28-19-15(3)16-7-8-18-22(4)10-6-11-23(5,21(26)27)17(22)9-12-24(18,19)13-16/h16-19H,1,3,6-13H2,2,4-5H3,(H,26,27)/t16-,17+,18-,19+,22-,23-,24-/m1/s1. The summed E-state index contributed by atoms with van der Waals surface area (Å²) in [5.74, 6) is 0.0296. The van der Waals surface area contributed by atoms with Gasteiger partial charge in [-0.15, -0.1) is 0 Å². The molecule has 0 unspecified atom stereocenters. The van der Waals surface area contributed by atoms with Gasteiger partial charge in [0.15, 0.2) is 0 Å². The van der Waals surface area contributed by atoms with Gasteiger partial charge in [0.2, 0.25) is 0 Å². The van der Waals surface area contributed by atoms with Crippen LogP contribution in [0.2, 0.25) is 0 Å². The Morgan fingerprint density at radius 2 is 1.82 bits per heavy atom. The quantitative estimate of drug-likeness (QED) is 0.414. The predicted octanol–water partition coefficient (Wildman–Crippen LogP) is 5.14. The highest BCUT2D eigenvalue weighted by molar-refractivity contribution is 5.87. The van der Waals surface area contributed by atoms with Gasteiger partial charge in [0.1, 0.15) is 6.10 Å². The van der Waals surface area contributed by atoms with E-state index in [1.54, 1.807) is 6.92 Å². The Hall–Kier alpha value is -1.58. The Kier molecular flexibility index (Phi) is 4.37. The van der Waals surface area contributed by atoms with Crippen molar-refractivity contribution in [3.63, 3.8) is 0 Å². The van der Waals surface area contributed by atoms with Gasteiger partial charge in [-0.25, -0.2) is 4.79 Å². The maximum Gasteiger partial charge on any atom is 0.333 e. The van der Waals surface area contributed by atoms with Crippen molar-refractivity contribution in [3.8, 4) is 0 Å². The smallest absolute Gasteiger partial charge is 0.333 e. The minimum atomic E-state index is -0.648. The van der Waals surface area contributed by atoms with Crippen molar-refractivity contribution in [2.45, 2.75) is 78.2 Å². The summed E-state index contributed by atoms with van der Waals surface area (Å²) >= 11 is 0. The van der Waals surface area contributed by atoms with Gasteiger partial charge >= 0.3 is 11.9 Å². The van der Waals surface area contributed by atoms with Crippen LogP contribution in [0.4, 0.5) is 0 Å².